The highest BCUT2D eigenvalue weighted by Crippen LogP contribution is 2.34. The molecule has 0 fully saturated rings. The van der Waals surface area contributed by atoms with Crippen molar-refractivity contribution in [3.8, 4) is 11.4 Å². The Morgan fingerprint density at radius 2 is 1.40 bits per heavy atom. The van der Waals surface area contributed by atoms with Crippen LogP contribution in [0, 0.1) is 20.8 Å². The second-order valence-electron chi connectivity index (χ2n) is 9.80. The van der Waals surface area contributed by atoms with Crippen molar-refractivity contribution in [1.82, 2.24) is 4.57 Å². The van der Waals surface area contributed by atoms with Gasteiger partial charge in [0.1, 0.15) is 11.4 Å². The Hall–Kier alpha value is -2.35. The topological polar surface area (TPSA) is 8.81 Å². The van der Waals surface area contributed by atoms with E-state index in [4.69, 9.17) is 0 Å². The van der Waals surface area contributed by atoms with Crippen LogP contribution >= 0.6 is 0 Å². The second-order valence-corrected chi connectivity index (χ2v) is 9.80. The number of aromatic nitrogens is 2. The van der Waals surface area contributed by atoms with Crippen LogP contribution in [-0.2, 0) is 12.8 Å². The van der Waals surface area contributed by atoms with Gasteiger partial charge < -0.3 is 0 Å². The van der Waals surface area contributed by atoms with Gasteiger partial charge in [0.05, 0.1) is 0 Å². The molecule has 0 aliphatic heterocycles. The van der Waals surface area contributed by atoms with Gasteiger partial charge in [-0.2, -0.15) is 9.13 Å². The number of hydrogen-bond acceptors (Lipinski definition) is 0. The summed E-state index contributed by atoms with van der Waals surface area (Å²) in [7, 11) is 0. The van der Waals surface area contributed by atoms with Gasteiger partial charge in [-0.15, -0.1) is 0 Å². The molecule has 0 bridgehead atoms. The Kier molecular flexibility index (Phi) is 5.61. The molecule has 0 N–H and O–H groups in total. The van der Waals surface area contributed by atoms with E-state index in [-0.39, 0.29) is 0 Å². The molecule has 30 heavy (non-hydrogen) atoms. The largest absolute Gasteiger partial charge is 0.254 e. The maximum absolute atomic E-state index is 2.55. The molecule has 0 saturated carbocycles. The standard InChI is InChI=1S/C28H37N2/c1-18(2)23-11-10-12-24(19(3)4)28(23)30-17-29(25-13-8-9-14-26(25)30)27-21(6)15-20(5)16-22(27)7/h10-12,15-19H,8-9,13-14H2,1-7H3/q+1. The first-order valence-corrected chi connectivity index (χ1v) is 11.7. The maximum atomic E-state index is 2.55. The molecule has 2 nitrogen and oxygen atoms in total. The van der Waals surface area contributed by atoms with Gasteiger partial charge in [-0.05, 0) is 56.6 Å². The highest BCUT2D eigenvalue weighted by molar-refractivity contribution is 5.53. The third-order valence-electron chi connectivity index (χ3n) is 6.68. The first kappa shape index (κ1) is 20.9. The summed E-state index contributed by atoms with van der Waals surface area (Å²) in [6, 6.07) is 11.5. The molecule has 2 aromatic carbocycles. The lowest BCUT2D eigenvalue weighted by Crippen LogP contribution is -2.36. The van der Waals surface area contributed by atoms with Crippen molar-refractivity contribution >= 4 is 0 Å². The monoisotopic (exact) mass is 401 g/mol. The minimum absolute atomic E-state index is 0.497. The van der Waals surface area contributed by atoms with Gasteiger partial charge in [-0.3, -0.25) is 0 Å². The molecule has 0 spiro atoms. The fraction of sp³-hybridized carbons (Fsp3) is 0.464. The number of hydrogen-bond donors (Lipinski definition) is 0. The van der Waals surface area contributed by atoms with Gasteiger partial charge in [0, 0.05) is 24.0 Å². The predicted molar refractivity (Wildman–Crippen MR) is 126 cm³/mol. The number of para-hydroxylation sites is 1. The molecule has 0 saturated heterocycles. The van der Waals surface area contributed by atoms with E-state index in [1.807, 2.05) is 0 Å². The van der Waals surface area contributed by atoms with Crippen molar-refractivity contribution in [3.63, 3.8) is 0 Å². The maximum Gasteiger partial charge on any atom is 0.254 e. The zero-order valence-corrected chi connectivity index (χ0v) is 19.8. The lowest BCUT2D eigenvalue weighted by Gasteiger charge is -2.18. The average Bonchev–Trinajstić information content (AvgIpc) is 3.05. The van der Waals surface area contributed by atoms with Gasteiger partial charge in [0.15, 0.2) is 11.4 Å². The molecule has 0 amide bonds. The fourth-order valence-corrected chi connectivity index (χ4v) is 5.38. The Labute approximate surface area is 182 Å². The first-order chi connectivity index (χ1) is 14.3. The molecule has 0 unspecified atom stereocenters. The smallest absolute Gasteiger partial charge is 0.198 e. The van der Waals surface area contributed by atoms with E-state index in [1.54, 1.807) is 0 Å². The predicted octanol–water partition coefficient (Wildman–Crippen LogP) is 6.80. The fourth-order valence-electron chi connectivity index (χ4n) is 5.38. The van der Waals surface area contributed by atoms with E-state index in [0.717, 1.165) is 12.8 Å². The van der Waals surface area contributed by atoms with E-state index in [1.165, 1.54) is 63.4 Å². The van der Waals surface area contributed by atoms with Crippen LogP contribution in [0.3, 0.4) is 0 Å². The van der Waals surface area contributed by atoms with Gasteiger partial charge in [0.25, 0.3) is 6.33 Å². The minimum Gasteiger partial charge on any atom is -0.198 e. The SMILES string of the molecule is Cc1cc(C)c(-[n+]2cn(-c3c(C(C)C)cccc3C(C)C)c3c2CCCC3)c(C)c1. The number of imidazole rings is 1. The Morgan fingerprint density at radius 1 is 0.833 bits per heavy atom. The molecule has 1 aromatic heterocycles. The lowest BCUT2D eigenvalue weighted by molar-refractivity contribution is -0.604. The molecular weight excluding hydrogens is 364 g/mol. The van der Waals surface area contributed by atoms with Crippen molar-refractivity contribution in [2.75, 3.05) is 0 Å². The summed E-state index contributed by atoms with van der Waals surface area (Å²) >= 11 is 0. The summed E-state index contributed by atoms with van der Waals surface area (Å²) in [5.74, 6) is 0.994. The molecule has 3 aromatic rings. The number of fused-ring (bicyclic) bond motifs is 1. The van der Waals surface area contributed by atoms with Crippen molar-refractivity contribution in [2.24, 2.45) is 0 Å². The molecule has 0 radical (unpaired) electrons. The van der Waals surface area contributed by atoms with E-state index < -0.39 is 0 Å². The van der Waals surface area contributed by atoms with Crippen LogP contribution in [0.15, 0.2) is 36.7 Å². The summed E-state index contributed by atoms with van der Waals surface area (Å²) in [4.78, 5) is 0. The summed E-state index contributed by atoms with van der Waals surface area (Å²) in [6.45, 7) is 16.0. The number of aryl methyl sites for hydroxylation is 3. The summed E-state index contributed by atoms with van der Waals surface area (Å²) in [5, 5.41) is 0. The van der Waals surface area contributed by atoms with Crippen molar-refractivity contribution in [3.05, 3.63) is 75.9 Å². The van der Waals surface area contributed by atoms with Crippen molar-refractivity contribution in [2.45, 2.75) is 86.0 Å². The molecule has 0 atom stereocenters. The Morgan fingerprint density at radius 3 is 1.97 bits per heavy atom. The van der Waals surface area contributed by atoms with Crippen LogP contribution in [0.5, 0.6) is 0 Å². The highest BCUT2D eigenvalue weighted by Gasteiger charge is 2.32. The van der Waals surface area contributed by atoms with E-state index in [0.29, 0.717) is 11.8 Å². The third-order valence-corrected chi connectivity index (χ3v) is 6.68. The third kappa shape index (κ3) is 3.51. The molecule has 158 valence electrons. The van der Waals surface area contributed by atoms with Gasteiger partial charge in [0.2, 0.25) is 0 Å². The van der Waals surface area contributed by atoms with E-state index in [2.05, 4.69) is 94.3 Å². The zero-order valence-electron chi connectivity index (χ0n) is 19.8. The Bertz CT molecular complexity index is 1030. The van der Waals surface area contributed by atoms with Crippen molar-refractivity contribution in [1.29, 1.82) is 0 Å². The Balaban J connectivity index is 2.04. The molecule has 2 heteroatoms. The van der Waals surface area contributed by atoms with Gasteiger partial charge in [-0.1, -0.05) is 63.6 Å². The van der Waals surface area contributed by atoms with Crippen LogP contribution in [0.2, 0.25) is 0 Å². The molecule has 1 aliphatic rings. The molecule has 1 heterocycles. The molecular formula is C28H37N2+. The van der Waals surface area contributed by atoms with Crippen LogP contribution in [0.25, 0.3) is 11.4 Å². The van der Waals surface area contributed by atoms with Crippen LogP contribution in [0.4, 0.5) is 0 Å². The van der Waals surface area contributed by atoms with Crippen LogP contribution < -0.4 is 4.57 Å². The number of nitrogens with zero attached hydrogens (tertiary/aromatic N) is 2. The lowest BCUT2D eigenvalue weighted by atomic mass is 9.92. The van der Waals surface area contributed by atoms with E-state index >= 15 is 0 Å². The number of benzene rings is 2. The first-order valence-electron chi connectivity index (χ1n) is 11.7. The highest BCUT2D eigenvalue weighted by atomic mass is 15.2. The van der Waals surface area contributed by atoms with Crippen LogP contribution in [-0.4, -0.2) is 4.57 Å². The van der Waals surface area contributed by atoms with Crippen LogP contribution in [0.1, 0.15) is 91.6 Å². The summed E-state index contributed by atoms with van der Waals surface area (Å²) < 4.78 is 5.07. The van der Waals surface area contributed by atoms with E-state index in [9.17, 15) is 0 Å². The minimum atomic E-state index is 0.497. The summed E-state index contributed by atoms with van der Waals surface area (Å²) in [5.41, 5.74) is 12.8. The van der Waals surface area contributed by atoms with Gasteiger partial charge in [-0.25, -0.2) is 0 Å². The molecule has 1 aliphatic carbocycles. The number of rotatable bonds is 4. The summed E-state index contributed by atoms with van der Waals surface area (Å²) in [6.07, 6.45) is 7.29. The average molecular weight is 402 g/mol. The van der Waals surface area contributed by atoms with Gasteiger partial charge >= 0.3 is 0 Å². The van der Waals surface area contributed by atoms with Crippen molar-refractivity contribution < 1.29 is 4.57 Å². The second kappa shape index (κ2) is 8.06. The zero-order chi connectivity index (χ0) is 21.6. The quantitative estimate of drug-likeness (QED) is 0.425. The molecule has 4 rings (SSSR count). The normalized spacial score (nSPS) is 13.9.